The Hall–Kier alpha value is -0.570. The molecule has 1 amide bonds. The molecular formula is C14H28N2O. The van der Waals surface area contributed by atoms with Crippen molar-refractivity contribution >= 4 is 5.91 Å². The van der Waals surface area contributed by atoms with Gasteiger partial charge >= 0.3 is 0 Å². The first-order valence-corrected chi connectivity index (χ1v) is 7.02. The molecule has 0 spiro atoms. The summed E-state index contributed by atoms with van der Waals surface area (Å²) in [5.74, 6) is 1.96. The van der Waals surface area contributed by atoms with E-state index >= 15 is 0 Å². The van der Waals surface area contributed by atoms with Crippen molar-refractivity contribution in [1.82, 2.24) is 10.2 Å². The second-order valence-electron chi connectivity index (χ2n) is 5.62. The van der Waals surface area contributed by atoms with Crippen LogP contribution in [0.15, 0.2) is 0 Å². The summed E-state index contributed by atoms with van der Waals surface area (Å²) >= 11 is 0. The van der Waals surface area contributed by atoms with Gasteiger partial charge in [0.25, 0.3) is 0 Å². The molecule has 0 heterocycles. The van der Waals surface area contributed by atoms with Crippen molar-refractivity contribution in [3.63, 3.8) is 0 Å². The third kappa shape index (κ3) is 5.53. The fraction of sp³-hybridized carbons (Fsp3) is 0.929. The van der Waals surface area contributed by atoms with Gasteiger partial charge in [0.05, 0.1) is 0 Å². The summed E-state index contributed by atoms with van der Waals surface area (Å²) in [6, 6.07) is 0. The highest BCUT2D eigenvalue weighted by molar-refractivity contribution is 5.75. The van der Waals surface area contributed by atoms with E-state index in [1.165, 1.54) is 25.7 Å². The third-order valence-electron chi connectivity index (χ3n) is 3.94. The summed E-state index contributed by atoms with van der Waals surface area (Å²) in [4.78, 5) is 13.0. The van der Waals surface area contributed by atoms with Crippen molar-refractivity contribution in [2.24, 2.45) is 11.8 Å². The fourth-order valence-corrected chi connectivity index (χ4v) is 2.57. The van der Waals surface area contributed by atoms with Crippen LogP contribution in [0.4, 0.5) is 0 Å². The molecule has 0 bridgehead atoms. The van der Waals surface area contributed by atoms with Crippen LogP contribution in [0.3, 0.4) is 0 Å². The average Bonchev–Trinajstić information content (AvgIpc) is 2.30. The van der Waals surface area contributed by atoms with E-state index < -0.39 is 0 Å². The third-order valence-corrected chi connectivity index (χ3v) is 3.94. The molecule has 1 aliphatic rings. The molecule has 0 aromatic rings. The van der Waals surface area contributed by atoms with Crippen LogP contribution in [-0.2, 0) is 4.79 Å². The number of rotatable bonds is 6. The predicted molar refractivity (Wildman–Crippen MR) is 71.9 cm³/mol. The minimum Gasteiger partial charge on any atom is -0.349 e. The number of nitrogens with one attached hydrogen (secondary N) is 1. The number of carbonyl (C=O) groups is 1. The maximum Gasteiger partial charge on any atom is 0.222 e. The van der Waals surface area contributed by atoms with E-state index in [0.29, 0.717) is 6.42 Å². The van der Waals surface area contributed by atoms with Gasteiger partial charge < -0.3 is 10.2 Å². The lowest BCUT2D eigenvalue weighted by molar-refractivity contribution is -0.128. The van der Waals surface area contributed by atoms with Crippen molar-refractivity contribution in [3.8, 4) is 0 Å². The molecule has 2 atom stereocenters. The molecule has 1 N–H and O–H groups in total. The largest absolute Gasteiger partial charge is 0.349 e. The molecule has 0 radical (unpaired) electrons. The van der Waals surface area contributed by atoms with Crippen LogP contribution in [0.5, 0.6) is 0 Å². The van der Waals surface area contributed by atoms with E-state index in [9.17, 15) is 4.79 Å². The lowest BCUT2D eigenvalue weighted by Gasteiger charge is -2.28. The van der Waals surface area contributed by atoms with Crippen molar-refractivity contribution in [2.45, 2.75) is 45.4 Å². The van der Waals surface area contributed by atoms with E-state index in [1.54, 1.807) is 4.90 Å². The highest BCUT2D eigenvalue weighted by Gasteiger charge is 2.20. The summed E-state index contributed by atoms with van der Waals surface area (Å²) in [5.41, 5.74) is 0. The Labute approximate surface area is 106 Å². The molecule has 0 aliphatic heterocycles. The molecule has 1 aliphatic carbocycles. The molecule has 3 nitrogen and oxygen atoms in total. The molecule has 1 fully saturated rings. The van der Waals surface area contributed by atoms with Gasteiger partial charge in [0.1, 0.15) is 0 Å². The number of nitrogens with zero attached hydrogens (tertiary/aromatic N) is 1. The van der Waals surface area contributed by atoms with Crippen molar-refractivity contribution < 1.29 is 4.79 Å². The monoisotopic (exact) mass is 240 g/mol. The number of carbonyl (C=O) groups excluding carboxylic acids is 1. The molecule has 0 aromatic heterocycles. The molecule has 1 rings (SSSR count). The average molecular weight is 240 g/mol. The van der Waals surface area contributed by atoms with E-state index in [0.717, 1.165) is 31.3 Å². The molecule has 3 heteroatoms. The molecule has 0 saturated heterocycles. The molecule has 17 heavy (non-hydrogen) atoms. The van der Waals surface area contributed by atoms with Gasteiger partial charge in [-0.2, -0.15) is 0 Å². The Bertz CT molecular complexity index is 228. The Morgan fingerprint density at radius 1 is 1.29 bits per heavy atom. The molecule has 0 aromatic carbocycles. The van der Waals surface area contributed by atoms with E-state index in [4.69, 9.17) is 0 Å². The van der Waals surface area contributed by atoms with Crippen LogP contribution in [-0.4, -0.2) is 38.0 Å². The van der Waals surface area contributed by atoms with Gasteiger partial charge in [-0.1, -0.05) is 26.2 Å². The Morgan fingerprint density at radius 3 is 2.65 bits per heavy atom. The van der Waals surface area contributed by atoms with Crippen LogP contribution in [0.25, 0.3) is 0 Å². The standard InChI is InChI=1S/C14H28N2O/c1-12-7-4-5-8-13(12)11-15-10-6-9-14(17)16(2)3/h12-13,15H,4-11H2,1-3H3. The zero-order valence-electron chi connectivity index (χ0n) is 11.7. The van der Waals surface area contributed by atoms with Crippen molar-refractivity contribution in [2.75, 3.05) is 27.2 Å². The first-order valence-electron chi connectivity index (χ1n) is 7.02. The Kier molecular flexibility index (Phi) is 6.56. The van der Waals surface area contributed by atoms with Gasteiger partial charge in [-0.15, -0.1) is 0 Å². The minimum absolute atomic E-state index is 0.234. The normalized spacial score (nSPS) is 24.6. The summed E-state index contributed by atoms with van der Waals surface area (Å²) < 4.78 is 0. The van der Waals surface area contributed by atoms with Crippen molar-refractivity contribution in [1.29, 1.82) is 0 Å². The zero-order chi connectivity index (χ0) is 12.7. The highest BCUT2D eigenvalue weighted by Crippen LogP contribution is 2.28. The summed E-state index contributed by atoms with van der Waals surface area (Å²) in [5, 5.41) is 3.51. The van der Waals surface area contributed by atoms with Crippen LogP contribution in [0, 0.1) is 11.8 Å². The topological polar surface area (TPSA) is 32.3 Å². The van der Waals surface area contributed by atoms with E-state index in [-0.39, 0.29) is 5.91 Å². The quantitative estimate of drug-likeness (QED) is 0.722. The molecule has 2 unspecified atom stereocenters. The Morgan fingerprint density at radius 2 is 2.00 bits per heavy atom. The summed E-state index contributed by atoms with van der Waals surface area (Å²) in [7, 11) is 3.64. The fourth-order valence-electron chi connectivity index (χ4n) is 2.57. The number of hydrogen-bond donors (Lipinski definition) is 1. The maximum absolute atomic E-state index is 11.4. The highest BCUT2D eigenvalue weighted by atomic mass is 16.2. The van der Waals surface area contributed by atoms with E-state index in [1.807, 2.05) is 14.1 Å². The van der Waals surface area contributed by atoms with Gasteiger partial charge in [0.15, 0.2) is 0 Å². The molecule has 1 saturated carbocycles. The second kappa shape index (κ2) is 7.70. The van der Waals surface area contributed by atoms with Gasteiger partial charge in [0.2, 0.25) is 5.91 Å². The summed E-state index contributed by atoms with van der Waals surface area (Å²) in [6.07, 6.45) is 7.21. The lowest BCUT2D eigenvalue weighted by atomic mass is 9.80. The summed E-state index contributed by atoms with van der Waals surface area (Å²) in [6.45, 7) is 4.49. The zero-order valence-corrected chi connectivity index (χ0v) is 11.7. The van der Waals surface area contributed by atoms with E-state index in [2.05, 4.69) is 12.2 Å². The smallest absolute Gasteiger partial charge is 0.222 e. The van der Waals surface area contributed by atoms with Crippen LogP contribution < -0.4 is 5.32 Å². The van der Waals surface area contributed by atoms with Crippen LogP contribution in [0.2, 0.25) is 0 Å². The van der Waals surface area contributed by atoms with Gasteiger partial charge in [-0.05, 0) is 37.8 Å². The predicted octanol–water partition coefficient (Wildman–Crippen LogP) is 2.27. The van der Waals surface area contributed by atoms with Crippen LogP contribution >= 0.6 is 0 Å². The molecule has 100 valence electrons. The second-order valence-corrected chi connectivity index (χ2v) is 5.62. The Balaban J connectivity index is 2.02. The maximum atomic E-state index is 11.4. The number of amides is 1. The van der Waals surface area contributed by atoms with Gasteiger partial charge in [-0.25, -0.2) is 0 Å². The minimum atomic E-state index is 0.234. The van der Waals surface area contributed by atoms with Gasteiger partial charge in [-0.3, -0.25) is 4.79 Å². The first-order chi connectivity index (χ1) is 8.11. The SMILES string of the molecule is CC1CCCCC1CNCCCC(=O)N(C)C. The molecular weight excluding hydrogens is 212 g/mol. The van der Waals surface area contributed by atoms with Gasteiger partial charge in [0, 0.05) is 20.5 Å². The lowest BCUT2D eigenvalue weighted by Crippen LogP contribution is -2.30. The number of hydrogen-bond acceptors (Lipinski definition) is 2. The van der Waals surface area contributed by atoms with Crippen LogP contribution in [0.1, 0.15) is 45.4 Å². The first kappa shape index (κ1) is 14.5. The van der Waals surface area contributed by atoms with Crippen molar-refractivity contribution in [3.05, 3.63) is 0 Å².